The molecule has 3 rings (SSSR count). The van der Waals surface area contributed by atoms with Crippen LogP contribution in [0.1, 0.15) is 100 Å². The molecule has 2 aromatic rings. The molecule has 1 aliphatic carbocycles. The lowest BCUT2D eigenvalue weighted by Crippen LogP contribution is -2.13. The van der Waals surface area contributed by atoms with Crippen LogP contribution in [-0.2, 0) is 0 Å². The smallest absolute Gasteiger partial charge is 0.343 e. The molecule has 1 saturated carbocycles. The average Bonchev–Trinajstić information content (AvgIpc) is 2.83. The minimum absolute atomic E-state index is 0.332. The van der Waals surface area contributed by atoms with Gasteiger partial charge in [-0.15, -0.1) is 0 Å². The van der Waals surface area contributed by atoms with Crippen LogP contribution in [0.3, 0.4) is 0 Å². The molecule has 0 heterocycles. The highest BCUT2D eigenvalue weighted by Gasteiger charge is 2.22. The summed E-state index contributed by atoms with van der Waals surface area (Å²) in [5, 5.41) is 0. The summed E-state index contributed by atoms with van der Waals surface area (Å²) in [7, 11) is 0. The Kier molecular flexibility index (Phi) is 9.64. The number of esters is 1. The molecular weight excluding hydrogens is 396 g/mol. The zero-order valence-electron chi connectivity index (χ0n) is 20.1. The average molecular weight is 437 g/mol. The van der Waals surface area contributed by atoms with E-state index in [0.717, 1.165) is 24.0 Å². The van der Waals surface area contributed by atoms with Gasteiger partial charge in [0, 0.05) is 0 Å². The van der Waals surface area contributed by atoms with Crippen LogP contribution in [0, 0.1) is 11.8 Å². The first-order valence-electron chi connectivity index (χ1n) is 12.6. The number of ether oxygens (including phenoxy) is 2. The van der Waals surface area contributed by atoms with Gasteiger partial charge in [0.2, 0.25) is 0 Å². The zero-order valence-corrected chi connectivity index (χ0v) is 20.1. The molecule has 1 fully saturated rings. The molecule has 2 aromatic carbocycles. The summed E-state index contributed by atoms with van der Waals surface area (Å²) < 4.78 is 11.4. The van der Waals surface area contributed by atoms with E-state index >= 15 is 0 Å². The van der Waals surface area contributed by atoms with Gasteiger partial charge in [0.25, 0.3) is 0 Å². The predicted molar refractivity (Wildman–Crippen MR) is 132 cm³/mol. The predicted octanol–water partition coefficient (Wildman–Crippen LogP) is 8.18. The van der Waals surface area contributed by atoms with Crippen LogP contribution < -0.4 is 9.47 Å². The highest BCUT2D eigenvalue weighted by atomic mass is 16.5. The van der Waals surface area contributed by atoms with Crippen LogP contribution >= 0.6 is 0 Å². The second kappa shape index (κ2) is 12.7. The minimum atomic E-state index is -0.332. The fraction of sp³-hybridized carbons (Fsp3) is 0.552. The molecule has 3 heteroatoms. The van der Waals surface area contributed by atoms with E-state index in [1.807, 2.05) is 24.3 Å². The molecule has 0 saturated heterocycles. The topological polar surface area (TPSA) is 35.5 Å². The number of carbonyl (C=O) groups excluding carboxylic acids is 1. The van der Waals surface area contributed by atoms with Crippen molar-refractivity contribution in [3.05, 3.63) is 59.7 Å². The van der Waals surface area contributed by atoms with Crippen molar-refractivity contribution < 1.29 is 14.3 Å². The van der Waals surface area contributed by atoms with Crippen LogP contribution in [-0.4, -0.2) is 12.6 Å². The normalized spacial score (nSPS) is 19.3. The van der Waals surface area contributed by atoms with Crippen LogP contribution in [0.15, 0.2) is 48.5 Å². The second-order valence-corrected chi connectivity index (χ2v) is 9.49. The van der Waals surface area contributed by atoms with Crippen molar-refractivity contribution in [3.8, 4) is 11.5 Å². The largest absolute Gasteiger partial charge is 0.494 e. The maximum absolute atomic E-state index is 12.5. The third kappa shape index (κ3) is 7.39. The monoisotopic (exact) mass is 436 g/mol. The van der Waals surface area contributed by atoms with Gasteiger partial charge in [0.1, 0.15) is 11.5 Å². The van der Waals surface area contributed by atoms with Crippen LogP contribution in [0.25, 0.3) is 0 Å². The Morgan fingerprint density at radius 2 is 1.59 bits per heavy atom. The Balaban J connectivity index is 1.45. The van der Waals surface area contributed by atoms with E-state index in [0.29, 0.717) is 23.8 Å². The van der Waals surface area contributed by atoms with Gasteiger partial charge in [-0.1, -0.05) is 52.2 Å². The highest BCUT2D eigenvalue weighted by Crippen LogP contribution is 2.37. The van der Waals surface area contributed by atoms with E-state index < -0.39 is 0 Å². The molecule has 0 bridgehead atoms. The van der Waals surface area contributed by atoms with Crippen molar-refractivity contribution in [1.82, 2.24) is 0 Å². The number of hydrogen-bond acceptors (Lipinski definition) is 3. The van der Waals surface area contributed by atoms with Crippen molar-refractivity contribution in [2.24, 2.45) is 11.8 Å². The zero-order chi connectivity index (χ0) is 22.8. The van der Waals surface area contributed by atoms with Gasteiger partial charge in [-0.2, -0.15) is 0 Å². The quantitative estimate of drug-likeness (QED) is 0.202. The maximum atomic E-state index is 12.5. The number of rotatable bonds is 11. The molecule has 3 nitrogen and oxygen atoms in total. The standard InChI is InChI=1S/C29H40O3/c1-4-7-23-9-11-24(12-10-23)25-13-19-28(20-14-25)32-29(30)26-15-17-27(18-16-26)31-21-6-8-22(3)5-2/h13-20,22-24H,4-12,21H2,1-3H3. The van der Waals surface area contributed by atoms with Gasteiger partial charge in [-0.05, 0) is 98.2 Å². The van der Waals surface area contributed by atoms with E-state index in [2.05, 4.69) is 32.9 Å². The lowest BCUT2D eigenvalue weighted by molar-refractivity contribution is 0.0734. The van der Waals surface area contributed by atoms with Crippen molar-refractivity contribution in [1.29, 1.82) is 0 Å². The number of benzene rings is 2. The number of carbonyl (C=O) groups is 1. The van der Waals surface area contributed by atoms with Crippen molar-refractivity contribution >= 4 is 5.97 Å². The third-order valence-corrected chi connectivity index (χ3v) is 7.00. The fourth-order valence-corrected chi connectivity index (χ4v) is 4.68. The van der Waals surface area contributed by atoms with E-state index in [1.165, 1.54) is 56.9 Å². The van der Waals surface area contributed by atoms with Crippen LogP contribution in [0.5, 0.6) is 11.5 Å². The van der Waals surface area contributed by atoms with Crippen molar-refractivity contribution in [2.45, 2.75) is 84.5 Å². The van der Waals surface area contributed by atoms with E-state index in [9.17, 15) is 4.79 Å². The van der Waals surface area contributed by atoms with Crippen LogP contribution in [0.2, 0.25) is 0 Å². The molecular formula is C29H40O3. The second-order valence-electron chi connectivity index (χ2n) is 9.49. The van der Waals surface area contributed by atoms with Crippen molar-refractivity contribution in [3.63, 3.8) is 0 Å². The van der Waals surface area contributed by atoms with E-state index in [-0.39, 0.29) is 5.97 Å². The lowest BCUT2D eigenvalue weighted by Gasteiger charge is -2.28. The Hall–Kier alpha value is -2.29. The summed E-state index contributed by atoms with van der Waals surface area (Å²) in [4.78, 5) is 12.5. The molecule has 174 valence electrons. The molecule has 0 aliphatic heterocycles. The maximum Gasteiger partial charge on any atom is 0.343 e. The summed E-state index contributed by atoms with van der Waals surface area (Å²) in [6.45, 7) is 7.48. The van der Waals surface area contributed by atoms with Crippen molar-refractivity contribution in [2.75, 3.05) is 6.61 Å². The first-order valence-corrected chi connectivity index (χ1v) is 12.6. The Morgan fingerprint density at radius 3 is 2.22 bits per heavy atom. The summed E-state index contributed by atoms with van der Waals surface area (Å²) >= 11 is 0. The summed E-state index contributed by atoms with van der Waals surface area (Å²) in [6.07, 6.45) is 11.3. The summed E-state index contributed by atoms with van der Waals surface area (Å²) in [5.41, 5.74) is 1.91. The Labute approximate surface area is 194 Å². The SMILES string of the molecule is CCCC1CCC(c2ccc(OC(=O)c3ccc(OCCCC(C)CC)cc3)cc2)CC1. The van der Waals surface area contributed by atoms with E-state index in [4.69, 9.17) is 9.47 Å². The summed E-state index contributed by atoms with van der Waals surface area (Å²) in [6, 6.07) is 15.4. The fourth-order valence-electron chi connectivity index (χ4n) is 4.68. The summed E-state index contributed by atoms with van der Waals surface area (Å²) in [5.74, 6) is 3.36. The molecule has 0 radical (unpaired) electrons. The molecule has 0 amide bonds. The molecule has 1 unspecified atom stereocenters. The molecule has 0 aromatic heterocycles. The Morgan fingerprint density at radius 1 is 0.938 bits per heavy atom. The number of hydrogen-bond donors (Lipinski definition) is 0. The molecule has 32 heavy (non-hydrogen) atoms. The first-order chi connectivity index (χ1) is 15.6. The van der Waals surface area contributed by atoms with Gasteiger partial charge in [-0.3, -0.25) is 0 Å². The van der Waals surface area contributed by atoms with Gasteiger partial charge >= 0.3 is 5.97 Å². The molecule has 1 aliphatic rings. The Bertz CT molecular complexity index is 801. The minimum Gasteiger partial charge on any atom is -0.494 e. The third-order valence-electron chi connectivity index (χ3n) is 7.00. The first kappa shape index (κ1) is 24.4. The van der Waals surface area contributed by atoms with Gasteiger partial charge < -0.3 is 9.47 Å². The lowest BCUT2D eigenvalue weighted by atomic mass is 9.77. The molecule has 0 spiro atoms. The molecule has 0 N–H and O–H groups in total. The van der Waals surface area contributed by atoms with Gasteiger partial charge in [-0.25, -0.2) is 4.79 Å². The van der Waals surface area contributed by atoms with Gasteiger partial charge in [0.15, 0.2) is 0 Å². The van der Waals surface area contributed by atoms with Crippen LogP contribution in [0.4, 0.5) is 0 Å². The van der Waals surface area contributed by atoms with E-state index in [1.54, 1.807) is 12.1 Å². The highest BCUT2D eigenvalue weighted by molar-refractivity contribution is 5.91. The van der Waals surface area contributed by atoms with Gasteiger partial charge in [0.05, 0.1) is 12.2 Å². The molecule has 1 atom stereocenters.